The predicted octanol–water partition coefficient (Wildman–Crippen LogP) is 0.866. The molecule has 1 atom stereocenters. The lowest BCUT2D eigenvalue weighted by molar-refractivity contribution is -0.132. The van der Waals surface area contributed by atoms with Crippen LogP contribution in [-0.4, -0.2) is 68.2 Å². The molecule has 2 saturated heterocycles. The lowest BCUT2D eigenvalue weighted by Crippen LogP contribution is -2.58. The van der Waals surface area contributed by atoms with Crippen molar-refractivity contribution in [2.75, 3.05) is 38.0 Å². The summed E-state index contributed by atoms with van der Waals surface area (Å²) in [5.41, 5.74) is 0.438. The molecule has 2 amide bonds. The van der Waals surface area contributed by atoms with Gasteiger partial charge >= 0.3 is 0 Å². The van der Waals surface area contributed by atoms with Gasteiger partial charge in [0.2, 0.25) is 21.8 Å². The summed E-state index contributed by atoms with van der Waals surface area (Å²) in [5.74, 6) is -0.245. The van der Waals surface area contributed by atoms with E-state index in [4.69, 9.17) is 0 Å². The van der Waals surface area contributed by atoms with Gasteiger partial charge in [0.05, 0.1) is 17.5 Å². The van der Waals surface area contributed by atoms with Crippen molar-refractivity contribution in [2.45, 2.75) is 37.6 Å². The Kier molecular flexibility index (Phi) is 6.36. The summed E-state index contributed by atoms with van der Waals surface area (Å²) in [6, 6.07) is 6.00. The average Bonchev–Trinajstić information content (AvgIpc) is 3.17. The maximum atomic E-state index is 12.7. The van der Waals surface area contributed by atoms with Gasteiger partial charge in [-0.05, 0) is 37.0 Å². The number of benzene rings is 1. The van der Waals surface area contributed by atoms with Gasteiger partial charge in [0.15, 0.2) is 0 Å². The number of nitrogens with one attached hydrogen (secondary N) is 2. The third kappa shape index (κ3) is 4.53. The number of anilines is 1. The van der Waals surface area contributed by atoms with Crippen LogP contribution >= 0.6 is 0 Å². The first-order chi connectivity index (χ1) is 13.3. The van der Waals surface area contributed by atoms with E-state index in [-0.39, 0.29) is 35.2 Å². The molecule has 9 heteroatoms. The minimum absolute atomic E-state index is 0.0623. The van der Waals surface area contributed by atoms with E-state index >= 15 is 0 Å². The van der Waals surface area contributed by atoms with Gasteiger partial charge in [-0.25, -0.2) is 8.42 Å². The van der Waals surface area contributed by atoms with Crippen molar-refractivity contribution in [2.24, 2.45) is 5.92 Å². The van der Waals surface area contributed by atoms with Crippen LogP contribution in [0.1, 0.15) is 26.7 Å². The number of carbonyl (C=O) groups excluding carboxylic acids is 2. The SMILES string of the molecule is CC(C)C1C(=O)NCCN1CC(=O)Nc1cccc(S(=O)(=O)N2CCCC2)c1. The molecule has 0 aromatic heterocycles. The fraction of sp³-hybridized carbons (Fsp3) is 0.579. The fourth-order valence-electron chi connectivity index (χ4n) is 3.83. The van der Waals surface area contributed by atoms with Crippen LogP contribution in [0, 0.1) is 5.92 Å². The minimum Gasteiger partial charge on any atom is -0.353 e. The lowest BCUT2D eigenvalue weighted by Gasteiger charge is -2.36. The highest BCUT2D eigenvalue weighted by atomic mass is 32.2. The first-order valence-electron chi connectivity index (χ1n) is 9.71. The van der Waals surface area contributed by atoms with E-state index in [2.05, 4.69) is 10.6 Å². The molecule has 2 aliphatic rings. The molecule has 0 bridgehead atoms. The number of amides is 2. The average molecular weight is 409 g/mol. The third-order valence-corrected chi connectivity index (χ3v) is 7.05. The molecule has 2 heterocycles. The Labute approximate surface area is 166 Å². The molecular weight excluding hydrogens is 380 g/mol. The van der Waals surface area contributed by atoms with Crippen LogP contribution in [0.4, 0.5) is 5.69 Å². The molecule has 0 radical (unpaired) electrons. The number of carbonyl (C=O) groups is 2. The second-order valence-corrected chi connectivity index (χ2v) is 9.58. The van der Waals surface area contributed by atoms with E-state index < -0.39 is 10.0 Å². The van der Waals surface area contributed by atoms with Gasteiger partial charge in [-0.15, -0.1) is 0 Å². The summed E-state index contributed by atoms with van der Waals surface area (Å²) in [6.07, 6.45) is 1.74. The van der Waals surface area contributed by atoms with E-state index in [0.717, 1.165) is 12.8 Å². The quantitative estimate of drug-likeness (QED) is 0.728. The van der Waals surface area contributed by atoms with Crippen molar-refractivity contribution < 1.29 is 18.0 Å². The van der Waals surface area contributed by atoms with Crippen LogP contribution in [0.2, 0.25) is 0 Å². The molecule has 3 rings (SSSR count). The first kappa shape index (κ1) is 20.8. The number of hydrogen-bond donors (Lipinski definition) is 2. The molecule has 2 fully saturated rings. The van der Waals surface area contributed by atoms with Crippen molar-refractivity contribution in [1.82, 2.24) is 14.5 Å². The largest absolute Gasteiger partial charge is 0.353 e. The molecule has 0 saturated carbocycles. The van der Waals surface area contributed by atoms with Gasteiger partial charge in [0.25, 0.3) is 0 Å². The second-order valence-electron chi connectivity index (χ2n) is 7.64. The van der Waals surface area contributed by atoms with Crippen LogP contribution in [0.3, 0.4) is 0 Å². The smallest absolute Gasteiger partial charge is 0.243 e. The minimum atomic E-state index is -3.53. The van der Waals surface area contributed by atoms with Crippen molar-refractivity contribution in [1.29, 1.82) is 0 Å². The Morgan fingerprint density at radius 1 is 1.25 bits per heavy atom. The van der Waals surface area contributed by atoms with Crippen molar-refractivity contribution in [3.63, 3.8) is 0 Å². The Bertz CT molecular complexity index is 834. The van der Waals surface area contributed by atoms with E-state index in [1.807, 2.05) is 18.7 Å². The maximum absolute atomic E-state index is 12.7. The van der Waals surface area contributed by atoms with Gasteiger partial charge in [0, 0.05) is 31.9 Å². The molecule has 154 valence electrons. The zero-order valence-electron chi connectivity index (χ0n) is 16.3. The molecule has 1 unspecified atom stereocenters. The normalized spacial score (nSPS) is 21.7. The predicted molar refractivity (Wildman–Crippen MR) is 106 cm³/mol. The lowest BCUT2D eigenvalue weighted by atomic mass is 10.00. The Hall–Kier alpha value is -1.97. The van der Waals surface area contributed by atoms with Crippen LogP contribution in [0.25, 0.3) is 0 Å². The molecule has 2 N–H and O–H groups in total. The van der Waals surface area contributed by atoms with Crippen LogP contribution in [-0.2, 0) is 19.6 Å². The highest BCUT2D eigenvalue weighted by Crippen LogP contribution is 2.23. The van der Waals surface area contributed by atoms with Gasteiger partial charge in [0.1, 0.15) is 0 Å². The summed E-state index contributed by atoms with van der Waals surface area (Å²) >= 11 is 0. The molecule has 0 aliphatic carbocycles. The van der Waals surface area contributed by atoms with E-state index in [1.54, 1.807) is 18.2 Å². The molecule has 1 aromatic rings. The van der Waals surface area contributed by atoms with E-state index in [9.17, 15) is 18.0 Å². The zero-order valence-corrected chi connectivity index (χ0v) is 17.2. The molecule has 2 aliphatic heterocycles. The van der Waals surface area contributed by atoms with Gasteiger partial charge in [-0.2, -0.15) is 4.31 Å². The van der Waals surface area contributed by atoms with Crippen LogP contribution in [0.15, 0.2) is 29.2 Å². The zero-order chi connectivity index (χ0) is 20.3. The van der Waals surface area contributed by atoms with E-state index in [0.29, 0.717) is 31.9 Å². The summed E-state index contributed by atoms with van der Waals surface area (Å²) in [6.45, 7) is 6.17. The van der Waals surface area contributed by atoms with Crippen LogP contribution < -0.4 is 10.6 Å². The molecule has 8 nitrogen and oxygen atoms in total. The van der Waals surface area contributed by atoms with E-state index in [1.165, 1.54) is 10.4 Å². The number of sulfonamides is 1. The summed E-state index contributed by atoms with van der Waals surface area (Å²) in [5, 5.41) is 5.60. The monoisotopic (exact) mass is 408 g/mol. The Morgan fingerprint density at radius 2 is 1.96 bits per heavy atom. The standard InChI is InChI=1S/C19H28N4O4S/c1-14(2)18-19(25)20-8-11-22(18)13-17(24)21-15-6-5-7-16(12-15)28(26,27)23-9-3-4-10-23/h5-7,12,14,18H,3-4,8-11,13H2,1-2H3,(H,20,25)(H,21,24). The molecular formula is C19H28N4O4S. The second kappa shape index (κ2) is 8.59. The summed E-state index contributed by atoms with van der Waals surface area (Å²) in [7, 11) is -3.53. The molecule has 1 aromatic carbocycles. The number of rotatable bonds is 6. The van der Waals surface area contributed by atoms with Gasteiger partial charge < -0.3 is 10.6 Å². The summed E-state index contributed by atoms with van der Waals surface area (Å²) < 4.78 is 26.9. The maximum Gasteiger partial charge on any atom is 0.243 e. The number of piperazine rings is 1. The van der Waals surface area contributed by atoms with Gasteiger partial charge in [-0.1, -0.05) is 19.9 Å². The number of nitrogens with zero attached hydrogens (tertiary/aromatic N) is 2. The highest BCUT2D eigenvalue weighted by molar-refractivity contribution is 7.89. The van der Waals surface area contributed by atoms with Gasteiger partial charge in [-0.3, -0.25) is 14.5 Å². The number of hydrogen-bond acceptors (Lipinski definition) is 5. The third-order valence-electron chi connectivity index (χ3n) is 5.16. The first-order valence-corrected chi connectivity index (χ1v) is 11.1. The highest BCUT2D eigenvalue weighted by Gasteiger charge is 2.33. The Morgan fingerprint density at radius 3 is 2.64 bits per heavy atom. The molecule has 28 heavy (non-hydrogen) atoms. The van der Waals surface area contributed by atoms with Crippen LogP contribution in [0.5, 0.6) is 0 Å². The molecule has 0 spiro atoms. The van der Waals surface area contributed by atoms with Crippen molar-refractivity contribution in [3.8, 4) is 0 Å². The fourth-order valence-corrected chi connectivity index (χ4v) is 5.39. The van der Waals surface area contributed by atoms with Crippen molar-refractivity contribution in [3.05, 3.63) is 24.3 Å². The topological polar surface area (TPSA) is 98.8 Å². The summed E-state index contributed by atoms with van der Waals surface area (Å²) in [4.78, 5) is 26.7. The Balaban J connectivity index is 1.68. The van der Waals surface area contributed by atoms with Crippen molar-refractivity contribution >= 4 is 27.5 Å².